The number of aryl methyl sites for hydroxylation is 2. The van der Waals surface area contributed by atoms with E-state index in [4.69, 9.17) is 4.52 Å². The first kappa shape index (κ1) is 22.6. The molecule has 0 aliphatic carbocycles. The van der Waals surface area contributed by atoms with Crippen LogP contribution in [-0.4, -0.2) is 47.7 Å². The molecule has 3 aromatic rings. The summed E-state index contributed by atoms with van der Waals surface area (Å²) >= 11 is 0. The summed E-state index contributed by atoms with van der Waals surface area (Å²) in [6.45, 7) is 3.83. The summed E-state index contributed by atoms with van der Waals surface area (Å²) < 4.78 is 44.8. The summed E-state index contributed by atoms with van der Waals surface area (Å²) in [5.41, 5.74) is -0.0214. The quantitative estimate of drug-likeness (QED) is 0.536. The van der Waals surface area contributed by atoms with Crippen LogP contribution in [0.15, 0.2) is 28.8 Å². The number of tetrazole rings is 1. The van der Waals surface area contributed by atoms with Crippen LogP contribution in [0.25, 0.3) is 6.08 Å². The average Bonchev–Trinajstić information content (AvgIpc) is 3.39. The van der Waals surface area contributed by atoms with E-state index in [1.807, 2.05) is 0 Å². The van der Waals surface area contributed by atoms with Crippen molar-refractivity contribution < 1.29 is 22.5 Å². The van der Waals surface area contributed by atoms with Crippen molar-refractivity contribution in [3.63, 3.8) is 0 Å². The Morgan fingerprint density at radius 2 is 2.09 bits per heavy atom. The van der Waals surface area contributed by atoms with Crippen molar-refractivity contribution in [3.05, 3.63) is 58.5 Å². The first-order valence-electron chi connectivity index (χ1n) is 10.4. The number of nitrogens with zero attached hydrogens (tertiary/aromatic N) is 7. The van der Waals surface area contributed by atoms with Crippen LogP contribution in [0.5, 0.6) is 0 Å². The Kier molecular flexibility index (Phi) is 6.25. The molecular formula is C21H22F3N7O2. The van der Waals surface area contributed by atoms with Crippen molar-refractivity contribution in [2.45, 2.75) is 51.9 Å². The minimum atomic E-state index is -4.50. The Labute approximate surface area is 187 Å². The molecule has 33 heavy (non-hydrogen) atoms. The summed E-state index contributed by atoms with van der Waals surface area (Å²) in [7, 11) is 0. The van der Waals surface area contributed by atoms with Crippen molar-refractivity contribution in [1.82, 2.24) is 35.2 Å². The van der Waals surface area contributed by atoms with Crippen LogP contribution in [0.3, 0.4) is 0 Å². The molecule has 0 bridgehead atoms. The number of likely N-dealkylation sites (tertiary alicyclic amines) is 1. The second kappa shape index (κ2) is 9.12. The number of amides is 1. The van der Waals surface area contributed by atoms with Crippen molar-refractivity contribution in [3.8, 4) is 0 Å². The second-order valence-electron chi connectivity index (χ2n) is 7.83. The first-order valence-corrected chi connectivity index (χ1v) is 10.4. The predicted octanol–water partition coefficient (Wildman–Crippen LogP) is 3.51. The van der Waals surface area contributed by atoms with Crippen LogP contribution in [0.2, 0.25) is 0 Å². The van der Waals surface area contributed by atoms with Gasteiger partial charge in [-0.05, 0) is 60.7 Å². The number of rotatable bonds is 5. The van der Waals surface area contributed by atoms with E-state index in [1.165, 1.54) is 23.0 Å². The van der Waals surface area contributed by atoms with Gasteiger partial charge < -0.3 is 9.42 Å². The van der Waals surface area contributed by atoms with Gasteiger partial charge >= 0.3 is 6.18 Å². The fourth-order valence-electron chi connectivity index (χ4n) is 3.80. The molecule has 0 radical (unpaired) electrons. The molecule has 9 nitrogen and oxygen atoms in total. The van der Waals surface area contributed by atoms with E-state index in [0.717, 1.165) is 25.0 Å². The molecule has 1 fully saturated rings. The Balaban J connectivity index is 1.59. The Morgan fingerprint density at radius 1 is 1.27 bits per heavy atom. The maximum Gasteiger partial charge on any atom is 0.416 e. The van der Waals surface area contributed by atoms with Crippen molar-refractivity contribution >= 4 is 12.0 Å². The lowest BCUT2D eigenvalue weighted by Gasteiger charge is -2.33. The number of hydrogen-bond donors (Lipinski definition) is 0. The van der Waals surface area contributed by atoms with Gasteiger partial charge in [-0.3, -0.25) is 4.79 Å². The van der Waals surface area contributed by atoms with E-state index in [-0.39, 0.29) is 18.5 Å². The van der Waals surface area contributed by atoms with E-state index in [0.29, 0.717) is 41.6 Å². The van der Waals surface area contributed by atoms with Gasteiger partial charge in [-0.25, -0.2) is 0 Å². The summed E-state index contributed by atoms with van der Waals surface area (Å²) in [6.07, 6.45) is 0.852. The Hall–Kier alpha value is -3.57. The van der Waals surface area contributed by atoms with Crippen LogP contribution in [0.1, 0.15) is 59.5 Å². The molecule has 4 rings (SSSR count). The van der Waals surface area contributed by atoms with E-state index in [1.54, 1.807) is 18.7 Å². The zero-order chi connectivity index (χ0) is 23.6. The van der Waals surface area contributed by atoms with Crippen molar-refractivity contribution in [2.75, 3.05) is 6.54 Å². The van der Waals surface area contributed by atoms with Gasteiger partial charge in [0.2, 0.25) is 11.8 Å². The zero-order valence-electron chi connectivity index (χ0n) is 18.1. The highest BCUT2D eigenvalue weighted by Crippen LogP contribution is 2.32. The average molecular weight is 461 g/mol. The third-order valence-electron chi connectivity index (χ3n) is 5.37. The van der Waals surface area contributed by atoms with Crippen LogP contribution in [-0.2, 0) is 17.5 Å². The number of hydrogen-bond acceptors (Lipinski definition) is 7. The summed E-state index contributed by atoms with van der Waals surface area (Å²) in [5, 5.41) is 15.6. The monoisotopic (exact) mass is 461 g/mol. The maximum atomic E-state index is 13.3. The SMILES string of the molecule is Cc1nnn(Cc2cc(C(F)(F)F)ccc2C=CC(=O)N2CCCCC2c2noc(C)n2)n1. The number of carbonyl (C=O) groups excluding carboxylic acids is 1. The minimum Gasteiger partial charge on any atom is -0.340 e. The fraction of sp³-hybridized carbons (Fsp3) is 0.429. The minimum absolute atomic E-state index is 0.0207. The molecular weight excluding hydrogens is 439 g/mol. The highest BCUT2D eigenvalue weighted by Gasteiger charge is 2.32. The number of benzene rings is 1. The third kappa shape index (κ3) is 5.26. The summed E-state index contributed by atoms with van der Waals surface area (Å²) in [6, 6.07) is 3.05. The molecule has 1 aliphatic heterocycles. The lowest BCUT2D eigenvalue weighted by atomic mass is 10.0. The molecule has 1 atom stereocenters. The molecule has 1 unspecified atom stereocenters. The molecule has 3 heterocycles. The first-order chi connectivity index (χ1) is 15.7. The number of piperidine rings is 1. The van der Waals surface area contributed by atoms with Gasteiger partial charge in [0.25, 0.3) is 0 Å². The molecule has 0 saturated carbocycles. The van der Waals surface area contributed by atoms with Crippen molar-refractivity contribution in [1.29, 1.82) is 0 Å². The van der Waals surface area contributed by atoms with E-state index < -0.39 is 11.7 Å². The molecule has 174 valence electrons. The van der Waals surface area contributed by atoms with Crippen LogP contribution >= 0.6 is 0 Å². The van der Waals surface area contributed by atoms with E-state index in [2.05, 4.69) is 25.6 Å². The fourth-order valence-corrected chi connectivity index (χ4v) is 3.80. The van der Waals surface area contributed by atoms with Crippen LogP contribution < -0.4 is 0 Å². The van der Waals surface area contributed by atoms with Crippen LogP contribution in [0.4, 0.5) is 13.2 Å². The number of carbonyl (C=O) groups is 1. The number of aromatic nitrogens is 6. The lowest BCUT2D eigenvalue weighted by Crippen LogP contribution is -2.38. The molecule has 1 aliphatic rings. The van der Waals surface area contributed by atoms with E-state index in [9.17, 15) is 18.0 Å². The predicted molar refractivity (Wildman–Crippen MR) is 109 cm³/mol. The molecule has 0 N–H and O–H groups in total. The largest absolute Gasteiger partial charge is 0.416 e. The van der Waals surface area contributed by atoms with Gasteiger partial charge in [0.05, 0.1) is 18.2 Å². The highest BCUT2D eigenvalue weighted by atomic mass is 19.4. The lowest BCUT2D eigenvalue weighted by molar-refractivity contribution is -0.137. The number of alkyl halides is 3. The highest BCUT2D eigenvalue weighted by molar-refractivity contribution is 5.92. The third-order valence-corrected chi connectivity index (χ3v) is 5.37. The van der Waals surface area contributed by atoms with E-state index >= 15 is 0 Å². The molecule has 1 aromatic carbocycles. The Bertz CT molecular complexity index is 1170. The number of halogens is 3. The summed E-state index contributed by atoms with van der Waals surface area (Å²) in [4.78, 5) is 20.1. The van der Waals surface area contributed by atoms with Gasteiger partial charge in [-0.2, -0.15) is 23.0 Å². The topological polar surface area (TPSA) is 103 Å². The standard InChI is InChI=1S/C21H22F3N7O2/c1-13-26-29-31(27-13)12-16-11-17(21(22,23)24)8-6-15(16)7-9-19(32)30-10-4-3-5-18(30)20-25-14(2)33-28-20/h6-9,11,18H,3-5,10,12H2,1-2H3. The molecule has 1 amide bonds. The molecule has 12 heteroatoms. The maximum absolute atomic E-state index is 13.3. The van der Waals surface area contributed by atoms with Crippen molar-refractivity contribution in [2.24, 2.45) is 0 Å². The normalized spacial score (nSPS) is 17.1. The van der Waals surface area contributed by atoms with Gasteiger partial charge in [0.1, 0.15) is 0 Å². The molecule has 0 spiro atoms. The smallest absolute Gasteiger partial charge is 0.340 e. The van der Waals surface area contributed by atoms with Gasteiger partial charge in [-0.15, -0.1) is 10.2 Å². The van der Waals surface area contributed by atoms with Gasteiger partial charge in [0.15, 0.2) is 11.6 Å². The summed E-state index contributed by atoms with van der Waals surface area (Å²) in [5.74, 6) is 1.01. The zero-order valence-corrected chi connectivity index (χ0v) is 18.1. The molecule has 2 aromatic heterocycles. The van der Waals surface area contributed by atoms with Gasteiger partial charge in [-0.1, -0.05) is 11.2 Å². The van der Waals surface area contributed by atoms with Gasteiger partial charge in [0, 0.05) is 19.5 Å². The van der Waals surface area contributed by atoms with Crippen LogP contribution in [0, 0.1) is 13.8 Å². The molecule has 1 saturated heterocycles. The second-order valence-corrected chi connectivity index (χ2v) is 7.83. The Morgan fingerprint density at radius 3 is 2.76 bits per heavy atom.